The molecule has 0 bridgehead atoms. The fourth-order valence-corrected chi connectivity index (χ4v) is 4.14. The third-order valence-electron chi connectivity index (χ3n) is 4.29. The van der Waals surface area contributed by atoms with Crippen molar-refractivity contribution in [3.63, 3.8) is 0 Å². The number of aromatic nitrogens is 2. The summed E-state index contributed by atoms with van der Waals surface area (Å²) in [5, 5.41) is 9.37. The summed E-state index contributed by atoms with van der Waals surface area (Å²) in [5.41, 5.74) is 1.38. The van der Waals surface area contributed by atoms with Crippen LogP contribution in [0.4, 0.5) is 4.39 Å². The van der Waals surface area contributed by atoms with Gasteiger partial charge in [-0.1, -0.05) is 19.1 Å². The minimum absolute atomic E-state index is 0.00111. The van der Waals surface area contributed by atoms with Crippen LogP contribution in [0.3, 0.4) is 0 Å². The number of thiophene rings is 1. The Balaban J connectivity index is 2.18. The molecule has 136 valence electrons. The van der Waals surface area contributed by atoms with Crippen LogP contribution in [0, 0.1) is 12.7 Å². The van der Waals surface area contributed by atoms with E-state index < -0.39 is 5.97 Å². The van der Waals surface area contributed by atoms with Crippen LogP contribution >= 0.6 is 11.3 Å². The van der Waals surface area contributed by atoms with Crippen LogP contribution in [0.1, 0.15) is 30.5 Å². The van der Waals surface area contributed by atoms with Gasteiger partial charge in [-0.05, 0) is 31.0 Å². The minimum Gasteiger partial charge on any atom is -0.481 e. The maximum atomic E-state index is 13.3. The van der Waals surface area contributed by atoms with Crippen molar-refractivity contribution in [2.24, 2.45) is 0 Å². The highest BCUT2D eigenvalue weighted by Crippen LogP contribution is 2.35. The Bertz CT molecular complexity index is 1020. The highest BCUT2D eigenvalue weighted by molar-refractivity contribution is 7.19. The second-order valence-electron chi connectivity index (χ2n) is 6.06. The van der Waals surface area contributed by atoms with Gasteiger partial charge in [-0.15, -0.1) is 11.3 Å². The summed E-state index contributed by atoms with van der Waals surface area (Å²) < 4.78 is 14.8. The summed E-state index contributed by atoms with van der Waals surface area (Å²) in [7, 11) is 0. The Morgan fingerprint density at radius 3 is 2.62 bits per heavy atom. The van der Waals surface area contributed by atoms with E-state index in [4.69, 9.17) is 5.11 Å². The molecule has 26 heavy (non-hydrogen) atoms. The average molecular weight is 374 g/mol. The van der Waals surface area contributed by atoms with Crippen molar-refractivity contribution >= 4 is 27.5 Å². The topological polar surface area (TPSA) is 72.2 Å². The molecule has 0 atom stereocenters. The number of halogens is 1. The van der Waals surface area contributed by atoms with Crippen LogP contribution in [0.5, 0.6) is 0 Å². The molecular weight excluding hydrogens is 355 g/mol. The zero-order valence-corrected chi connectivity index (χ0v) is 15.4. The van der Waals surface area contributed by atoms with Gasteiger partial charge in [0.05, 0.1) is 5.39 Å². The van der Waals surface area contributed by atoms with Gasteiger partial charge in [-0.25, -0.2) is 9.37 Å². The van der Waals surface area contributed by atoms with Crippen LogP contribution in [0.25, 0.3) is 21.3 Å². The molecule has 1 N–H and O–H groups in total. The number of fused-ring (bicyclic) bond motifs is 1. The monoisotopic (exact) mass is 374 g/mol. The van der Waals surface area contributed by atoms with Gasteiger partial charge in [0.2, 0.25) is 0 Å². The molecule has 2 aromatic heterocycles. The maximum Gasteiger partial charge on any atom is 0.303 e. The predicted molar refractivity (Wildman–Crippen MR) is 100 cm³/mol. The van der Waals surface area contributed by atoms with Gasteiger partial charge in [0.25, 0.3) is 5.56 Å². The molecule has 0 aliphatic heterocycles. The van der Waals surface area contributed by atoms with Crippen molar-refractivity contribution < 1.29 is 14.3 Å². The number of carboxylic acid groups (broad SMARTS) is 1. The van der Waals surface area contributed by atoms with Gasteiger partial charge < -0.3 is 5.11 Å². The number of rotatable bonds is 6. The zero-order valence-electron chi connectivity index (χ0n) is 14.6. The SMILES string of the molecule is CCc1nc2sc(C)c(-c3ccc(F)cc3)c2c(=O)n1CCCC(=O)O. The molecule has 0 saturated carbocycles. The molecule has 0 saturated heterocycles. The third-order valence-corrected chi connectivity index (χ3v) is 5.29. The summed E-state index contributed by atoms with van der Waals surface area (Å²) in [6, 6.07) is 6.06. The van der Waals surface area contributed by atoms with E-state index in [-0.39, 0.29) is 17.8 Å². The number of nitrogens with zero attached hydrogens (tertiary/aromatic N) is 2. The molecule has 0 spiro atoms. The Labute approximate surface area is 153 Å². The van der Waals surface area contributed by atoms with Crippen LogP contribution in [-0.2, 0) is 17.8 Å². The van der Waals surface area contributed by atoms with E-state index in [1.165, 1.54) is 23.5 Å². The van der Waals surface area contributed by atoms with E-state index in [1.807, 2.05) is 13.8 Å². The Hall–Kier alpha value is -2.54. The normalized spacial score (nSPS) is 11.2. The lowest BCUT2D eigenvalue weighted by atomic mass is 10.0. The number of hydrogen-bond acceptors (Lipinski definition) is 4. The van der Waals surface area contributed by atoms with E-state index in [0.29, 0.717) is 35.4 Å². The smallest absolute Gasteiger partial charge is 0.303 e. The molecule has 0 amide bonds. The van der Waals surface area contributed by atoms with Crippen LogP contribution in [0.15, 0.2) is 29.1 Å². The first-order valence-electron chi connectivity index (χ1n) is 8.43. The molecule has 3 aromatic rings. The lowest BCUT2D eigenvalue weighted by Crippen LogP contribution is -2.25. The Morgan fingerprint density at radius 2 is 2.00 bits per heavy atom. The van der Waals surface area contributed by atoms with Crippen molar-refractivity contribution in [3.05, 3.63) is 51.1 Å². The van der Waals surface area contributed by atoms with Crippen molar-refractivity contribution in [1.82, 2.24) is 9.55 Å². The van der Waals surface area contributed by atoms with Gasteiger partial charge in [0.1, 0.15) is 16.5 Å². The standard InChI is InChI=1S/C19H19FN2O3S/c1-3-14-21-18-17(19(25)22(14)10-4-5-15(23)24)16(11(2)26-18)12-6-8-13(20)9-7-12/h6-9H,3-5,10H2,1-2H3,(H,23,24). The molecule has 5 nitrogen and oxygen atoms in total. The first-order chi connectivity index (χ1) is 12.4. The highest BCUT2D eigenvalue weighted by Gasteiger charge is 2.19. The quantitative estimate of drug-likeness (QED) is 0.708. The zero-order chi connectivity index (χ0) is 18.8. The number of carboxylic acids is 1. The summed E-state index contributed by atoms with van der Waals surface area (Å²) >= 11 is 1.45. The molecular formula is C19H19FN2O3S. The average Bonchev–Trinajstić information content (AvgIpc) is 2.93. The summed E-state index contributed by atoms with van der Waals surface area (Å²) in [6.07, 6.45) is 0.951. The predicted octanol–water partition coefficient (Wildman–Crippen LogP) is 4.00. The van der Waals surface area contributed by atoms with Crippen molar-refractivity contribution in [1.29, 1.82) is 0 Å². The first-order valence-corrected chi connectivity index (χ1v) is 9.24. The van der Waals surface area contributed by atoms with Crippen LogP contribution in [-0.4, -0.2) is 20.6 Å². The molecule has 3 rings (SSSR count). The van der Waals surface area contributed by atoms with Crippen LogP contribution in [0.2, 0.25) is 0 Å². The molecule has 0 aliphatic carbocycles. The lowest BCUT2D eigenvalue weighted by Gasteiger charge is -2.11. The second-order valence-corrected chi connectivity index (χ2v) is 7.26. The maximum absolute atomic E-state index is 13.3. The van der Waals surface area contributed by atoms with Gasteiger partial charge in [0.15, 0.2) is 0 Å². The minimum atomic E-state index is -0.886. The summed E-state index contributed by atoms with van der Waals surface area (Å²) in [6.45, 7) is 4.16. The van der Waals surface area contributed by atoms with Crippen molar-refractivity contribution in [3.8, 4) is 11.1 Å². The number of aryl methyl sites for hydroxylation is 2. The number of benzene rings is 1. The molecule has 0 radical (unpaired) electrons. The third kappa shape index (κ3) is 3.39. The Kier molecular flexibility index (Phi) is 5.18. The molecule has 0 aliphatic rings. The van der Waals surface area contributed by atoms with E-state index >= 15 is 0 Å². The number of carbonyl (C=O) groups is 1. The van der Waals surface area contributed by atoms with E-state index in [9.17, 15) is 14.0 Å². The number of aliphatic carboxylic acids is 1. The van der Waals surface area contributed by atoms with E-state index in [0.717, 1.165) is 16.0 Å². The van der Waals surface area contributed by atoms with Crippen LogP contribution < -0.4 is 5.56 Å². The van der Waals surface area contributed by atoms with E-state index in [2.05, 4.69) is 4.98 Å². The van der Waals surface area contributed by atoms with E-state index in [1.54, 1.807) is 16.7 Å². The first kappa shape index (κ1) is 18.3. The molecule has 1 aromatic carbocycles. The van der Waals surface area contributed by atoms with Gasteiger partial charge in [0, 0.05) is 29.8 Å². The molecule has 2 heterocycles. The summed E-state index contributed by atoms with van der Waals surface area (Å²) in [4.78, 5) is 30.2. The highest BCUT2D eigenvalue weighted by atomic mass is 32.1. The fourth-order valence-electron chi connectivity index (χ4n) is 3.09. The summed E-state index contributed by atoms with van der Waals surface area (Å²) in [5.74, 6) is -0.563. The van der Waals surface area contributed by atoms with Gasteiger partial charge >= 0.3 is 5.97 Å². The largest absolute Gasteiger partial charge is 0.481 e. The Morgan fingerprint density at radius 1 is 1.31 bits per heavy atom. The molecule has 0 fully saturated rings. The van der Waals surface area contributed by atoms with Gasteiger partial charge in [-0.2, -0.15) is 0 Å². The molecule has 7 heteroatoms. The van der Waals surface area contributed by atoms with Crippen molar-refractivity contribution in [2.75, 3.05) is 0 Å². The van der Waals surface area contributed by atoms with Crippen molar-refractivity contribution in [2.45, 2.75) is 39.7 Å². The lowest BCUT2D eigenvalue weighted by molar-refractivity contribution is -0.137. The van der Waals surface area contributed by atoms with Gasteiger partial charge in [-0.3, -0.25) is 14.2 Å². The second kappa shape index (κ2) is 7.37. The number of hydrogen-bond donors (Lipinski definition) is 1. The molecule has 0 unspecified atom stereocenters. The fraction of sp³-hybridized carbons (Fsp3) is 0.316.